The molecule has 3 rings (SSSR count). The summed E-state index contributed by atoms with van der Waals surface area (Å²) in [4.78, 5) is 77.6. The number of imide groups is 1. The minimum atomic E-state index is -0.983. The van der Waals surface area contributed by atoms with Crippen LogP contribution in [0, 0.1) is 10.8 Å². The quantitative estimate of drug-likeness (QED) is 0.237. The molecule has 10 heteroatoms. The Kier molecular flexibility index (Phi) is 7.34. The SMILES string of the molecule is C=C(C)C(=O)N=C1C(=O)N([C@]2(C)C[C@H](N=C=O)CC(C)(C)C2)C(=O)N1[C@@]1(C)C[C@H](N=C=O)CC(C)(C)C1. The minimum absolute atomic E-state index is 0.133. The van der Waals surface area contributed by atoms with E-state index in [1.165, 1.54) is 16.7 Å². The number of urea groups is 1. The largest absolute Gasteiger partial charge is 0.333 e. The average Bonchev–Trinajstić information content (AvgIpc) is 2.96. The van der Waals surface area contributed by atoms with Crippen LogP contribution in [0.3, 0.4) is 0 Å². The van der Waals surface area contributed by atoms with Crippen LogP contribution in [-0.4, -0.2) is 68.8 Å². The molecule has 1 saturated heterocycles. The number of nitrogens with zero attached hydrogens (tertiary/aromatic N) is 5. The molecule has 2 saturated carbocycles. The Morgan fingerprint density at radius 1 is 0.838 bits per heavy atom. The number of carbonyl (C=O) groups is 3. The molecule has 0 unspecified atom stereocenters. The minimum Gasteiger partial charge on any atom is -0.267 e. The van der Waals surface area contributed by atoms with Gasteiger partial charge in [-0.2, -0.15) is 4.99 Å². The highest BCUT2D eigenvalue weighted by atomic mass is 16.2. The zero-order valence-electron chi connectivity index (χ0n) is 22.9. The normalized spacial score (nSPS) is 34.1. The zero-order chi connectivity index (χ0) is 28.0. The Hall–Kier alpha value is -3.22. The van der Waals surface area contributed by atoms with Crippen LogP contribution in [0.4, 0.5) is 4.79 Å². The first-order valence-electron chi connectivity index (χ1n) is 12.6. The number of rotatable bonds is 5. The van der Waals surface area contributed by atoms with Crippen LogP contribution in [0.15, 0.2) is 27.1 Å². The van der Waals surface area contributed by atoms with Gasteiger partial charge in [0, 0.05) is 5.57 Å². The fourth-order valence-corrected chi connectivity index (χ4v) is 7.18. The smallest absolute Gasteiger partial charge is 0.267 e. The molecule has 3 fully saturated rings. The molecule has 0 radical (unpaired) electrons. The molecule has 200 valence electrons. The molecule has 1 aliphatic heterocycles. The summed E-state index contributed by atoms with van der Waals surface area (Å²) in [7, 11) is 0. The maximum Gasteiger partial charge on any atom is 0.333 e. The predicted molar refractivity (Wildman–Crippen MR) is 137 cm³/mol. The first-order valence-corrected chi connectivity index (χ1v) is 12.6. The lowest BCUT2D eigenvalue weighted by atomic mass is 9.66. The lowest BCUT2D eigenvalue weighted by molar-refractivity contribution is -0.127. The van der Waals surface area contributed by atoms with Crippen molar-refractivity contribution in [2.45, 2.75) is 110 Å². The summed E-state index contributed by atoms with van der Waals surface area (Å²) >= 11 is 0. The summed E-state index contributed by atoms with van der Waals surface area (Å²) in [6.45, 7) is 16.8. The summed E-state index contributed by atoms with van der Waals surface area (Å²) < 4.78 is 0. The van der Waals surface area contributed by atoms with Crippen molar-refractivity contribution in [3.05, 3.63) is 12.2 Å². The Labute approximate surface area is 218 Å². The predicted octanol–water partition coefficient (Wildman–Crippen LogP) is 4.10. The number of amidine groups is 1. The van der Waals surface area contributed by atoms with Crippen LogP contribution in [0.5, 0.6) is 0 Å². The number of amides is 4. The molecule has 0 aromatic heterocycles. The van der Waals surface area contributed by atoms with Gasteiger partial charge in [-0.3, -0.25) is 19.4 Å². The first kappa shape index (κ1) is 28.4. The van der Waals surface area contributed by atoms with Gasteiger partial charge in [0.25, 0.3) is 11.8 Å². The van der Waals surface area contributed by atoms with E-state index in [1.807, 2.05) is 41.5 Å². The maximum atomic E-state index is 14.2. The highest BCUT2D eigenvalue weighted by Gasteiger charge is 2.60. The van der Waals surface area contributed by atoms with Crippen molar-refractivity contribution in [2.24, 2.45) is 25.8 Å². The summed E-state index contributed by atoms with van der Waals surface area (Å²) in [6.07, 6.45) is 6.06. The number of hydrogen-bond acceptors (Lipinski definition) is 7. The van der Waals surface area contributed by atoms with Gasteiger partial charge in [-0.15, -0.1) is 0 Å². The lowest BCUT2D eigenvalue weighted by Crippen LogP contribution is -2.59. The van der Waals surface area contributed by atoms with E-state index in [1.54, 1.807) is 12.2 Å². The van der Waals surface area contributed by atoms with Gasteiger partial charge in [0.2, 0.25) is 18.0 Å². The highest BCUT2D eigenvalue weighted by molar-refractivity contribution is 6.48. The van der Waals surface area contributed by atoms with E-state index in [2.05, 4.69) is 21.6 Å². The summed E-state index contributed by atoms with van der Waals surface area (Å²) in [5.74, 6) is -1.62. The van der Waals surface area contributed by atoms with Crippen molar-refractivity contribution >= 4 is 35.8 Å². The van der Waals surface area contributed by atoms with Crippen LogP contribution < -0.4 is 0 Å². The van der Waals surface area contributed by atoms with Crippen molar-refractivity contribution in [3.8, 4) is 0 Å². The Balaban J connectivity index is 2.17. The van der Waals surface area contributed by atoms with Crippen LogP contribution in [0.25, 0.3) is 0 Å². The van der Waals surface area contributed by atoms with Crippen molar-refractivity contribution in [1.29, 1.82) is 0 Å². The second-order valence-electron chi connectivity index (χ2n) is 13.0. The van der Waals surface area contributed by atoms with E-state index in [9.17, 15) is 24.0 Å². The molecular formula is C27H37N5O5. The van der Waals surface area contributed by atoms with Crippen molar-refractivity contribution in [2.75, 3.05) is 0 Å². The first-order chi connectivity index (χ1) is 17.0. The Bertz CT molecular complexity index is 1160. The van der Waals surface area contributed by atoms with Crippen molar-refractivity contribution in [1.82, 2.24) is 9.80 Å². The van der Waals surface area contributed by atoms with Gasteiger partial charge >= 0.3 is 6.03 Å². The highest BCUT2D eigenvalue weighted by Crippen LogP contribution is 2.50. The molecule has 1 heterocycles. The molecule has 0 bridgehead atoms. The molecule has 2 aliphatic carbocycles. The number of carbonyl (C=O) groups excluding carboxylic acids is 5. The fraction of sp³-hybridized carbons (Fsp3) is 0.704. The van der Waals surface area contributed by atoms with E-state index in [4.69, 9.17) is 0 Å². The number of hydrogen-bond donors (Lipinski definition) is 0. The van der Waals surface area contributed by atoms with Gasteiger partial charge < -0.3 is 0 Å². The van der Waals surface area contributed by atoms with E-state index < -0.39 is 41.0 Å². The van der Waals surface area contributed by atoms with Crippen LogP contribution in [-0.2, 0) is 19.2 Å². The molecule has 4 amide bonds. The molecule has 0 aromatic carbocycles. The third-order valence-corrected chi connectivity index (χ3v) is 7.76. The number of aliphatic imine (C=N–C) groups is 3. The van der Waals surface area contributed by atoms with E-state index in [0.29, 0.717) is 38.5 Å². The summed E-state index contributed by atoms with van der Waals surface area (Å²) in [5.41, 5.74) is -2.45. The van der Waals surface area contributed by atoms with Gasteiger partial charge in [-0.1, -0.05) is 34.3 Å². The van der Waals surface area contributed by atoms with E-state index in [-0.39, 0.29) is 22.2 Å². The average molecular weight is 512 g/mol. The molecule has 0 spiro atoms. The van der Waals surface area contributed by atoms with Gasteiger partial charge in [0.15, 0.2) is 0 Å². The molecule has 37 heavy (non-hydrogen) atoms. The third kappa shape index (κ3) is 5.55. The summed E-state index contributed by atoms with van der Waals surface area (Å²) in [5, 5.41) is 0. The standard InChI is InChI=1S/C27H37N5O5/c1-17(2)21(35)30-20-22(36)32(27(8)12-19(29-16-34)10-25(5,6)14-27)23(37)31(20)26(7)11-18(28-15-33)9-24(3,4)13-26/h18-19H,1,9-14H2,2-8H3/t18-,19-,26+,27-/m1/s1. The van der Waals surface area contributed by atoms with Gasteiger partial charge in [-0.25, -0.2) is 24.4 Å². The molecule has 0 aromatic rings. The third-order valence-electron chi connectivity index (χ3n) is 7.76. The monoisotopic (exact) mass is 511 g/mol. The van der Waals surface area contributed by atoms with Gasteiger partial charge in [-0.05, 0) is 70.1 Å². The van der Waals surface area contributed by atoms with Crippen LogP contribution in [0.2, 0.25) is 0 Å². The molecular weight excluding hydrogens is 474 g/mol. The molecule has 10 nitrogen and oxygen atoms in total. The lowest BCUT2D eigenvalue weighted by Gasteiger charge is -2.50. The van der Waals surface area contributed by atoms with Crippen molar-refractivity contribution in [3.63, 3.8) is 0 Å². The Morgan fingerprint density at radius 3 is 1.68 bits per heavy atom. The number of isocyanates is 2. The van der Waals surface area contributed by atoms with Crippen molar-refractivity contribution < 1.29 is 24.0 Å². The van der Waals surface area contributed by atoms with Crippen LogP contribution in [0.1, 0.15) is 87.0 Å². The van der Waals surface area contributed by atoms with Crippen LogP contribution >= 0.6 is 0 Å². The van der Waals surface area contributed by atoms with E-state index in [0.717, 1.165) is 0 Å². The summed E-state index contributed by atoms with van der Waals surface area (Å²) in [6, 6.07) is -1.40. The van der Waals surface area contributed by atoms with Gasteiger partial charge in [0.1, 0.15) is 0 Å². The Morgan fingerprint density at radius 2 is 1.27 bits per heavy atom. The topological polar surface area (TPSA) is 129 Å². The molecule has 3 aliphatic rings. The second kappa shape index (κ2) is 9.58. The zero-order valence-corrected chi connectivity index (χ0v) is 22.9. The fourth-order valence-electron chi connectivity index (χ4n) is 7.18. The molecule has 4 atom stereocenters. The van der Waals surface area contributed by atoms with Gasteiger partial charge in [0.05, 0.1) is 23.2 Å². The maximum absolute atomic E-state index is 14.2. The second-order valence-corrected chi connectivity index (χ2v) is 13.0. The molecule has 0 N–H and O–H groups in total. The van der Waals surface area contributed by atoms with E-state index >= 15 is 0 Å².